The second-order valence-corrected chi connectivity index (χ2v) is 5.67. The summed E-state index contributed by atoms with van der Waals surface area (Å²) in [6.45, 7) is 5.45. The van der Waals surface area contributed by atoms with Crippen LogP contribution in [0.3, 0.4) is 0 Å². The minimum atomic E-state index is -2.20. The number of carboxylic acids is 1. The predicted molar refractivity (Wildman–Crippen MR) is 67.4 cm³/mol. The van der Waals surface area contributed by atoms with Crippen LogP contribution in [0.1, 0.15) is 26.3 Å². The van der Waals surface area contributed by atoms with Gasteiger partial charge in [-0.25, -0.2) is 0 Å². The van der Waals surface area contributed by atoms with E-state index >= 15 is 0 Å². The molecule has 1 rings (SSSR count). The molecule has 0 saturated carbocycles. The van der Waals surface area contributed by atoms with Gasteiger partial charge in [-0.3, -0.25) is 9.36 Å². The highest BCUT2D eigenvalue weighted by Gasteiger charge is 2.29. The van der Waals surface area contributed by atoms with Crippen molar-refractivity contribution in [2.24, 2.45) is 0 Å². The van der Waals surface area contributed by atoms with Gasteiger partial charge in [0.15, 0.2) is 0 Å². The monoisotopic (exact) mass is 256 g/mol. The van der Waals surface area contributed by atoms with Crippen molar-refractivity contribution in [3.63, 3.8) is 0 Å². The van der Waals surface area contributed by atoms with E-state index in [1.165, 1.54) is 0 Å². The third-order valence-corrected chi connectivity index (χ3v) is 4.01. The van der Waals surface area contributed by atoms with Crippen LogP contribution in [0.4, 0.5) is 0 Å². The van der Waals surface area contributed by atoms with Gasteiger partial charge < -0.3 is 9.63 Å². The van der Waals surface area contributed by atoms with Crippen LogP contribution in [0.5, 0.6) is 0 Å². The first-order chi connectivity index (χ1) is 7.89. The zero-order chi connectivity index (χ0) is 13.1. The maximum absolute atomic E-state index is 11.6. The second kappa shape index (κ2) is 5.48. The highest BCUT2D eigenvalue weighted by atomic mass is 31.1. The van der Waals surface area contributed by atoms with Crippen LogP contribution >= 0.6 is 8.03 Å². The van der Waals surface area contributed by atoms with E-state index in [9.17, 15) is 9.36 Å². The Morgan fingerprint density at radius 1 is 1.35 bits per heavy atom. The molecule has 0 aromatic heterocycles. The molecule has 5 heteroatoms. The van der Waals surface area contributed by atoms with E-state index in [-0.39, 0.29) is 0 Å². The highest BCUT2D eigenvalue weighted by Crippen LogP contribution is 2.26. The minimum Gasteiger partial charge on any atom is -0.481 e. The predicted octanol–water partition coefficient (Wildman–Crippen LogP) is 2.19. The zero-order valence-electron chi connectivity index (χ0n) is 10.2. The molecule has 0 radical (unpaired) electrons. The molecular formula is C12H17O4P. The molecule has 0 saturated heterocycles. The lowest BCUT2D eigenvalue weighted by Gasteiger charge is -2.19. The lowest BCUT2D eigenvalue weighted by atomic mass is 9.85. The fourth-order valence-electron chi connectivity index (χ4n) is 1.36. The van der Waals surface area contributed by atoms with E-state index < -0.39 is 19.4 Å². The topological polar surface area (TPSA) is 63.6 Å². The van der Waals surface area contributed by atoms with Crippen molar-refractivity contribution in [3.05, 3.63) is 29.8 Å². The van der Waals surface area contributed by atoms with E-state index in [4.69, 9.17) is 9.63 Å². The molecule has 4 nitrogen and oxygen atoms in total. The standard InChI is InChI=1S/C12H17O4P/c1-4-16-17(15)10-7-5-9(6-8-10)12(2,3)11(13)14/h5-8,17H,4H2,1-3H3,(H,13,14). The largest absolute Gasteiger partial charge is 0.481 e. The van der Waals surface area contributed by atoms with Crippen LogP contribution in [0.2, 0.25) is 0 Å². The van der Waals surface area contributed by atoms with E-state index in [1.54, 1.807) is 45.0 Å². The summed E-state index contributed by atoms with van der Waals surface area (Å²) in [5.41, 5.74) is -0.264. The molecule has 94 valence electrons. The molecule has 0 bridgehead atoms. The first-order valence-corrected chi connectivity index (χ1v) is 6.72. The summed E-state index contributed by atoms with van der Waals surface area (Å²) in [7, 11) is -2.20. The summed E-state index contributed by atoms with van der Waals surface area (Å²) in [6, 6.07) is 6.70. The summed E-state index contributed by atoms with van der Waals surface area (Å²) in [5, 5.41) is 9.69. The summed E-state index contributed by atoms with van der Waals surface area (Å²) < 4.78 is 16.6. The second-order valence-electron chi connectivity index (χ2n) is 4.23. The average Bonchev–Trinajstić information content (AvgIpc) is 2.29. The molecular weight excluding hydrogens is 239 g/mol. The summed E-state index contributed by atoms with van der Waals surface area (Å²) in [4.78, 5) is 11.1. The first-order valence-electron chi connectivity index (χ1n) is 5.40. The van der Waals surface area contributed by atoms with Crippen molar-refractivity contribution < 1.29 is 19.0 Å². The Labute approximate surface area is 101 Å². The normalized spacial score (nSPS) is 13.4. The van der Waals surface area contributed by atoms with Gasteiger partial charge in [-0.2, -0.15) is 0 Å². The van der Waals surface area contributed by atoms with Crippen molar-refractivity contribution in [1.82, 2.24) is 0 Å². The third kappa shape index (κ3) is 3.18. The van der Waals surface area contributed by atoms with E-state index in [1.807, 2.05) is 0 Å². The Morgan fingerprint density at radius 2 is 1.88 bits per heavy atom. The number of hydrogen-bond donors (Lipinski definition) is 1. The third-order valence-electron chi connectivity index (χ3n) is 2.65. The summed E-state index contributed by atoms with van der Waals surface area (Å²) in [6.07, 6.45) is 0. The van der Waals surface area contributed by atoms with Gasteiger partial charge in [0.1, 0.15) is 0 Å². The van der Waals surface area contributed by atoms with E-state index in [2.05, 4.69) is 0 Å². The number of benzene rings is 1. The van der Waals surface area contributed by atoms with Crippen molar-refractivity contribution in [1.29, 1.82) is 0 Å². The minimum absolute atomic E-state index is 0.403. The van der Waals surface area contributed by atoms with Gasteiger partial charge in [0, 0.05) is 5.30 Å². The number of aliphatic carboxylic acids is 1. The quantitative estimate of drug-likeness (QED) is 0.820. The van der Waals surface area contributed by atoms with Gasteiger partial charge in [-0.1, -0.05) is 12.1 Å². The molecule has 1 atom stereocenters. The van der Waals surface area contributed by atoms with Gasteiger partial charge >= 0.3 is 5.97 Å². The zero-order valence-corrected chi connectivity index (χ0v) is 11.2. The number of carboxylic acid groups (broad SMARTS) is 1. The molecule has 0 spiro atoms. The lowest BCUT2D eigenvalue weighted by molar-refractivity contribution is -0.142. The lowest BCUT2D eigenvalue weighted by Crippen LogP contribution is -2.28. The van der Waals surface area contributed by atoms with Crippen LogP contribution in [0, 0.1) is 0 Å². The Bertz CT molecular complexity index is 423. The van der Waals surface area contributed by atoms with E-state index in [0.717, 1.165) is 0 Å². The molecule has 0 aliphatic carbocycles. The van der Waals surface area contributed by atoms with Crippen molar-refractivity contribution in [2.45, 2.75) is 26.2 Å². The molecule has 17 heavy (non-hydrogen) atoms. The van der Waals surface area contributed by atoms with Gasteiger partial charge in [-0.15, -0.1) is 0 Å². The van der Waals surface area contributed by atoms with Gasteiger partial charge in [0.2, 0.25) is 8.03 Å². The van der Waals surface area contributed by atoms with Crippen LogP contribution in [-0.4, -0.2) is 17.7 Å². The number of carbonyl (C=O) groups is 1. The van der Waals surface area contributed by atoms with Gasteiger partial charge in [0.25, 0.3) is 0 Å². The Morgan fingerprint density at radius 3 is 2.29 bits per heavy atom. The van der Waals surface area contributed by atoms with Crippen LogP contribution in [0.25, 0.3) is 0 Å². The Kier molecular flexibility index (Phi) is 4.49. The maximum atomic E-state index is 11.6. The van der Waals surface area contributed by atoms with Crippen molar-refractivity contribution >= 4 is 19.3 Å². The average molecular weight is 256 g/mol. The molecule has 0 aliphatic heterocycles. The Hall–Kier alpha value is -1.12. The number of rotatable bonds is 5. The number of hydrogen-bond acceptors (Lipinski definition) is 3. The molecule has 0 aliphatic rings. The SMILES string of the molecule is CCO[PH](=O)c1ccc(C(C)(C)C(=O)O)cc1. The van der Waals surface area contributed by atoms with Crippen LogP contribution in [0.15, 0.2) is 24.3 Å². The highest BCUT2D eigenvalue weighted by molar-refractivity contribution is 7.48. The molecule has 0 fully saturated rings. The fraction of sp³-hybridized carbons (Fsp3) is 0.417. The molecule has 1 unspecified atom stereocenters. The Balaban J connectivity index is 2.96. The summed E-state index contributed by atoms with van der Waals surface area (Å²) >= 11 is 0. The maximum Gasteiger partial charge on any atom is 0.313 e. The smallest absolute Gasteiger partial charge is 0.313 e. The van der Waals surface area contributed by atoms with Crippen molar-refractivity contribution in [2.75, 3.05) is 6.61 Å². The first kappa shape index (κ1) is 13.9. The van der Waals surface area contributed by atoms with E-state index in [0.29, 0.717) is 17.5 Å². The van der Waals surface area contributed by atoms with Crippen molar-refractivity contribution in [3.8, 4) is 0 Å². The summed E-state index contributed by atoms with van der Waals surface area (Å²) in [5.74, 6) is -0.886. The molecule has 0 amide bonds. The molecule has 1 aromatic carbocycles. The van der Waals surface area contributed by atoms with Gasteiger partial charge in [-0.05, 0) is 38.5 Å². The fourth-order valence-corrected chi connectivity index (χ4v) is 2.23. The molecule has 1 N–H and O–H groups in total. The molecule has 0 heterocycles. The van der Waals surface area contributed by atoms with Gasteiger partial charge in [0.05, 0.1) is 12.0 Å². The van der Waals surface area contributed by atoms with Crippen LogP contribution < -0.4 is 5.30 Å². The molecule has 1 aromatic rings. The van der Waals surface area contributed by atoms with Crippen LogP contribution in [-0.2, 0) is 19.3 Å².